The fraction of sp³-hybridized carbons (Fsp3) is 0.625. The molecule has 0 aliphatic rings. The third kappa shape index (κ3) is 4.27. The molecule has 0 aliphatic heterocycles. The molecule has 0 fully saturated rings. The summed E-state index contributed by atoms with van der Waals surface area (Å²) in [6, 6.07) is 0. The molecule has 0 aromatic carbocycles. The van der Waals surface area contributed by atoms with Gasteiger partial charge in [0.05, 0.1) is 6.10 Å². The van der Waals surface area contributed by atoms with Gasteiger partial charge in [0.2, 0.25) is 0 Å². The number of ketones is 1. The second kappa shape index (κ2) is 4.23. The van der Waals surface area contributed by atoms with Gasteiger partial charge in [0.15, 0.2) is 5.78 Å². The van der Waals surface area contributed by atoms with Crippen molar-refractivity contribution in [2.45, 2.75) is 26.9 Å². The van der Waals surface area contributed by atoms with Crippen molar-refractivity contribution in [2.75, 3.05) is 0 Å². The summed E-state index contributed by atoms with van der Waals surface area (Å²) in [7, 11) is 0. The van der Waals surface area contributed by atoms with Gasteiger partial charge >= 0.3 is 0 Å². The lowest BCUT2D eigenvalue weighted by atomic mass is 10.1. The maximum absolute atomic E-state index is 10.4. The van der Waals surface area contributed by atoms with E-state index in [9.17, 15) is 4.79 Å². The molecular weight excluding hydrogens is 128 g/mol. The highest BCUT2D eigenvalue weighted by atomic mass is 16.3. The van der Waals surface area contributed by atoms with Gasteiger partial charge in [-0.25, -0.2) is 0 Å². The van der Waals surface area contributed by atoms with Crippen LogP contribution in [-0.4, -0.2) is 17.0 Å². The molecular formula is C8H14O2. The molecule has 0 rings (SSSR count). The molecule has 0 saturated heterocycles. The van der Waals surface area contributed by atoms with Gasteiger partial charge in [-0.05, 0) is 18.9 Å². The maximum atomic E-state index is 10.4. The minimum absolute atomic E-state index is 0.0281. The van der Waals surface area contributed by atoms with E-state index in [0.29, 0.717) is 0 Å². The van der Waals surface area contributed by atoms with Crippen LogP contribution in [-0.2, 0) is 4.79 Å². The Kier molecular flexibility index (Phi) is 3.96. The standard InChI is InChI=1S/C8H14O2/c1-6(2)8(10)5-4-7(3)9/h4-6,8,10H,1-3H3/b5-4+/t8-/m0/s1. The van der Waals surface area contributed by atoms with Crippen LogP contribution in [0.1, 0.15) is 20.8 Å². The van der Waals surface area contributed by atoms with Crippen LogP contribution in [0.5, 0.6) is 0 Å². The van der Waals surface area contributed by atoms with Crippen LogP contribution >= 0.6 is 0 Å². The zero-order valence-corrected chi connectivity index (χ0v) is 6.66. The summed E-state index contributed by atoms with van der Waals surface area (Å²) >= 11 is 0. The Morgan fingerprint density at radius 1 is 1.50 bits per heavy atom. The lowest BCUT2D eigenvalue weighted by Gasteiger charge is -2.07. The van der Waals surface area contributed by atoms with E-state index < -0.39 is 6.10 Å². The topological polar surface area (TPSA) is 37.3 Å². The third-order valence-corrected chi connectivity index (χ3v) is 1.21. The van der Waals surface area contributed by atoms with Crippen molar-refractivity contribution in [3.05, 3.63) is 12.2 Å². The predicted octanol–water partition coefficient (Wildman–Crippen LogP) is 1.15. The monoisotopic (exact) mass is 142 g/mol. The molecule has 1 atom stereocenters. The van der Waals surface area contributed by atoms with Crippen molar-refractivity contribution < 1.29 is 9.90 Å². The third-order valence-electron chi connectivity index (χ3n) is 1.21. The molecule has 1 N–H and O–H groups in total. The molecule has 0 amide bonds. The van der Waals surface area contributed by atoms with E-state index in [1.54, 1.807) is 0 Å². The van der Waals surface area contributed by atoms with Crippen LogP contribution in [0.15, 0.2) is 12.2 Å². The summed E-state index contributed by atoms with van der Waals surface area (Å²) in [5, 5.41) is 9.14. The van der Waals surface area contributed by atoms with Gasteiger partial charge in [0, 0.05) is 0 Å². The van der Waals surface area contributed by atoms with Gasteiger partial charge in [-0.15, -0.1) is 0 Å². The average molecular weight is 142 g/mol. The Balaban J connectivity index is 3.77. The smallest absolute Gasteiger partial charge is 0.152 e. The molecule has 0 spiro atoms. The number of hydrogen-bond acceptors (Lipinski definition) is 2. The minimum Gasteiger partial charge on any atom is -0.389 e. The highest BCUT2D eigenvalue weighted by Crippen LogP contribution is 2.01. The normalized spacial score (nSPS) is 14.5. The van der Waals surface area contributed by atoms with Crippen molar-refractivity contribution in [3.63, 3.8) is 0 Å². The van der Waals surface area contributed by atoms with Gasteiger partial charge in [-0.1, -0.05) is 19.9 Å². The fourth-order valence-electron chi connectivity index (χ4n) is 0.456. The highest BCUT2D eigenvalue weighted by molar-refractivity contribution is 5.87. The summed E-state index contributed by atoms with van der Waals surface area (Å²) in [5.41, 5.74) is 0. The first-order valence-corrected chi connectivity index (χ1v) is 3.41. The Labute approximate surface area is 61.6 Å². The summed E-state index contributed by atoms with van der Waals surface area (Å²) < 4.78 is 0. The molecule has 0 aliphatic carbocycles. The second-order valence-electron chi connectivity index (χ2n) is 2.70. The molecule has 0 radical (unpaired) electrons. The van der Waals surface area contributed by atoms with Crippen LogP contribution < -0.4 is 0 Å². The van der Waals surface area contributed by atoms with Crippen LogP contribution in [0, 0.1) is 5.92 Å². The largest absolute Gasteiger partial charge is 0.389 e. The van der Waals surface area contributed by atoms with E-state index in [1.165, 1.54) is 19.1 Å². The lowest BCUT2D eigenvalue weighted by molar-refractivity contribution is -0.112. The maximum Gasteiger partial charge on any atom is 0.152 e. The highest BCUT2D eigenvalue weighted by Gasteiger charge is 2.03. The number of rotatable bonds is 3. The summed E-state index contributed by atoms with van der Waals surface area (Å²) in [5.74, 6) is 0.148. The Hall–Kier alpha value is -0.630. The van der Waals surface area contributed by atoms with Crippen molar-refractivity contribution in [1.29, 1.82) is 0 Å². The lowest BCUT2D eigenvalue weighted by Crippen LogP contribution is -2.10. The molecule has 2 heteroatoms. The summed E-state index contributed by atoms with van der Waals surface area (Å²) in [4.78, 5) is 10.4. The molecule has 0 saturated carbocycles. The predicted molar refractivity (Wildman–Crippen MR) is 40.7 cm³/mol. The number of carbonyl (C=O) groups excluding carboxylic acids is 1. The number of aliphatic hydroxyl groups is 1. The molecule has 58 valence electrons. The molecule has 2 nitrogen and oxygen atoms in total. The molecule has 0 bridgehead atoms. The van der Waals surface area contributed by atoms with E-state index in [1.807, 2.05) is 13.8 Å². The van der Waals surface area contributed by atoms with Crippen LogP contribution in [0.4, 0.5) is 0 Å². The molecule has 0 unspecified atom stereocenters. The second-order valence-corrected chi connectivity index (χ2v) is 2.70. The number of allylic oxidation sites excluding steroid dienone is 1. The zero-order chi connectivity index (χ0) is 8.15. The molecule has 10 heavy (non-hydrogen) atoms. The van der Waals surface area contributed by atoms with E-state index in [2.05, 4.69) is 0 Å². The Bertz CT molecular complexity index is 136. The zero-order valence-electron chi connectivity index (χ0n) is 6.66. The van der Waals surface area contributed by atoms with E-state index in [0.717, 1.165) is 0 Å². The fourth-order valence-corrected chi connectivity index (χ4v) is 0.456. The van der Waals surface area contributed by atoms with Crippen molar-refractivity contribution in [1.82, 2.24) is 0 Å². The summed E-state index contributed by atoms with van der Waals surface area (Å²) in [6.45, 7) is 5.26. The van der Waals surface area contributed by atoms with Crippen molar-refractivity contribution in [2.24, 2.45) is 5.92 Å². The molecule has 0 heterocycles. The first-order chi connectivity index (χ1) is 4.54. The van der Waals surface area contributed by atoms with E-state index in [-0.39, 0.29) is 11.7 Å². The van der Waals surface area contributed by atoms with E-state index >= 15 is 0 Å². The van der Waals surface area contributed by atoms with Crippen LogP contribution in [0.2, 0.25) is 0 Å². The van der Waals surface area contributed by atoms with Gasteiger partial charge < -0.3 is 5.11 Å². The Morgan fingerprint density at radius 2 is 2.00 bits per heavy atom. The van der Waals surface area contributed by atoms with Crippen molar-refractivity contribution >= 4 is 5.78 Å². The number of hydrogen-bond donors (Lipinski definition) is 1. The van der Waals surface area contributed by atoms with Gasteiger partial charge in [-0.2, -0.15) is 0 Å². The SMILES string of the molecule is CC(=O)/C=C/[C@H](O)C(C)C. The van der Waals surface area contributed by atoms with Crippen LogP contribution in [0.25, 0.3) is 0 Å². The molecule has 0 aromatic heterocycles. The van der Waals surface area contributed by atoms with Gasteiger partial charge in [0.25, 0.3) is 0 Å². The minimum atomic E-state index is -0.496. The first-order valence-electron chi connectivity index (χ1n) is 3.41. The molecule has 0 aromatic rings. The van der Waals surface area contributed by atoms with Crippen molar-refractivity contribution in [3.8, 4) is 0 Å². The van der Waals surface area contributed by atoms with Gasteiger partial charge in [0.1, 0.15) is 0 Å². The average Bonchev–Trinajstić information content (AvgIpc) is 1.82. The number of aliphatic hydroxyl groups excluding tert-OH is 1. The quantitative estimate of drug-likeness (QED) is 0.600. The van der Waals surface area contributed by atoms with Crippen LogP contribution in [0.3, 0.4) is 0 Å². The van der Waals surface area contributed by atoms with E-state index in [4.69, 9.17) is 5.11 Å². The Morgan fingerprint density at radius 3 is 2.30 bits per heavy atom. The summed E-state index contributed by atoms with van der Waals surface area (Å²) in [6.07, 6.45) is 2.42. The van der Waals surface area contributed by atoms with Gasteiger partial charge in [-0.3, -0.25) is 4.79 Å². The number of carbonyl (C=O) groups is 1. The first kappa shape index (κ1) is 9.37.